The number of hydrogen-bond donors (Lipinski definition) is 0. The van der Waals surface area contributed by atoms with Crippen molar-refractivity contribution in [2.24, 2.45) is 4.99 Å². The number of hydrogen-bond acceptors (Lipinski definition) is 4. The van der Waals surface area contributed by atoms with Crippen LogP contribution >= 0.6 is 27.3 Å². The molecule has 0 aliphatic rings. The molecule has 3 aromatic rings. The summed E-state index contributed by atoms with van der Waals surface area (Å²) in [4.78, 5) is 17.5. The van der Waals surface area contributed by atoms with Crippen molar-refractivity contribution < 1.29 is 14.3 Å². The van der Waals surface area contributed by atoms with Crippen LogP contribution in [-0.4, -0.2) is 31.3 Å². The molecule has 1 heterocycles. The molecule has 7 heteroatoms. The number of ether oxygens (including phenoxy) is 2. The van der Waals surface area contributed by atoms with Crippen molar-refractivity contribution in [3.05, 3.63) is 57.3 Å². The molecule has 0 saturated heterocycles. The molecular formula is C18H17BrN2O3S. The van der Waals surface area contributed by atoms with Crippen LogP contribution in [0.15, 0.2) is 51.9 Å². The lowest BCUT2D eigenvalue weighted by Crippen LogP contribution is -2.19. The number of aromatic nitrogens is 1. The first kappa shape index (κ1) is 17.8. The van der Waals surface area contributed by atoms with Crippen LogP contribution in [0, 0.1) is 0 Å². The van der Waals surface area contributed by atoms with Gasteiger partial charge in [-0.15, -0.1) is 0 Å². The Morgan fingerprint density at radius 1 is 1.20 bits per heavy atom. The van der Waals surface area contributed by atoms with Crippen molar-refractivity contribution in [3.63, 3.8) is 0 Å². The molecule has 5 nitrogen and oxygen atoms in total. The minimum absolute atomic E-state index is 0.278. The third-order valence-electron chi connectivity index (χ3n) is 3.70. The number of methoxy groups -OCH3 is 2. The predicted molar refractivity (Wildman–Crippen MR) is 102 cm³/mol. The first-order valence-corrected chi connectivity index (χ1v) is 9.24. The molecule has 0 spiro atoms. The maximum atomic E-state index is 12.5. The number of benzene rings is 2. The maximum Gasteiger partial charge on any atom is 0.279 e. The van der Waals surface area contributed by atoms with E-state index in [1.54, 1.807) is 38.5 Å². The van der Waals surface area contributed by atoms with Gasteiger partial charge in [-0.2, -0.15) is 4.99 Å². The highest BCUT2D eigenvalue weighted by Crippen LogP contribution is 2.22. The Bertz CT molecular complexity index is 961. The number of rotatable bonds is 5. The molecule has 130 valence electrons. The van der Waals surface area contributed by atoms with Crippen molar-refractivity contribution in [2.45, 2.75) is 6.54 Å². The second-order valence-corrected chi connectivity index (χ2v) is 7.21. The Morgan fingerprint density at radius 3 is 2.64 bits per heavy atom. The molecule has 25 heavy (non-hydrogen) atoms. The molecule has 2 aromatic carbocycles. The lowest BCUT2D eigenvalue weighted by atomic mass is 10.2. The molecule has 0 unspecified atom stereocenters. The molecule has 3 rings (SSSR count). The van der Waals surface area contributed by atoms with Crippen LogP contribution in [0.4, 0.5) is 0 Å². The van der Waals surface area contributed by atoms with E-state index in [4.69, 9.17) is 9.47 Å². The molecular weight excluding hydrogens is 404 g/mol. The molecule has 0 aliphatic heterocycles. The first-order valence-electron chi connectivity index (χ1n) is 7.63. The van der Waals surface area contributed by atoms with Crippen molar-refractivity contribution in [2.75, 3.05) is 20.8 Å². The quantitative estimate of drug-likeness (QED) is 0.629. The van der Waals surface area contributed by atoms with Gasteiger partial charge in [-0.05, 0) is 42.5 Å². The lowest BCUT2D eigenvalue weighted by Gasteiger charge is -2.04. The van der Waals surface area contributed by atoms with Crippen molar-refractivity contribution >= 4 is 43.4 Å². The van der Waals surface area contributed by atoms with E-state index in [9.17, 15) is 4.79 Å². The van der Waals surface area contributed by atoms with E-state index in [-0.39, 0.29) is 5.91 Å². The van der Waals surface area contributed by atoms with Gasteiger partial charge in [0.15, 0.2) is 4.80 Å². The number of amides is 1. The largest absolute Gasteiger partial charge is 0.497 e. The summed E-state index contributed by atoms with van der Waals surface area (Å²) in [5.74, 6) is 0.429. The number of carbonyl (C=O) groups is 1. The van der Waals surface area contributed by atoms with Gasteiger partial charge in [-0.3, -0.25) is 4.79 Å². The Kier molecular flexibility index (Phi) is 5.67. The van der Waals surface area contributed by atoms with Crippen LogP contribution in [0.5, 0.6) is 5.75 Å². The average Bonchev–Trinajstić information content (AvgIpc) is 2.95. The van der Waals surface area contributed by atoms with E-state index < -0.39 is 0 Å². The van der Waals surface area contributed by atoms with Crippen LogP contribution in [-0.2, 0) is 11.3 Å². The minimum atomic E-state index is -0.278. The molecule has 0 fully saturated rings. The smallest absolute Gasteiger partial charge is 0.279 e. The van der Waals surface area contributed by atoms with Gasteiger partial charge < -0.3 is 14.0 Å². The van der Waals surface area contributed by atoms with E-state index in [1.165, 1.54) is 11.3 Å². The number of fused-ring (bicyclic) bond motifs is 1. The van der Waals surface area contributed by atoms with E-state index in [2.05, 4.69) is 20.9 Å². The fourth-order valence-corrected chi connectivity index (χ4v) is 4.02. The topological polar surface area (TPSA) is 52.8 Å². The molecule has 0 N–H and O–H groups in total. The monoisotopic (exact) mass is 420 g/mol. The minimum Gasteiger partial charge on any atom is -0.497 e. The van der Waals surface area contributed by atoms with Crippen LogP contribution < -0.4 is 9.54 Å². The van der Waals surface area contributed by atoms with Gasteiger partial charge in [0.1, 0.15) is 5.75 Å². The normalized spacial score (nSPS) is 11.9. The Labute approximate surface area is 157 Å². The Hall–Kier alpha value is -1.96. The summed E-state index contributed by atoms with van der Waals surface area (Å²) in [6.07, 6.45) is 0. The lowest BCUT2D eigenvalue weighted by molar-refractivity contribution is 0.0997. The standard InChI is InChI=1S/C18H17BrN2O3S/c1-23-10-9-21-15-8-5-13(19)11-16(15)25-18(21)20-17(22)12-3-6-14(24-2)7-4-12/h3-8,11H,9-10H2,1-2H3. The summed E-state index contributed by atoms with van der Waals surface area (Å²) in [7, 11) is 3.25. The predicted octanol–water partition coefficient (Wildman–Crippen LogP) is 3.86. The highest BCUT2D eigenvalue weighted by atomic mass is 79.9. The zero-order chi connectivity index (χ0) is 17.8. The van der Waals surface area contributed by atoms with Crippen molar-refractivity contribution in [3.8, 4) is 5.75 Å². The number of halogens is 1. The number of nitrogens with zero attached hydrogens (tertiary/aromatic N) is 2. The first-order chi connectivity index (χ1) is 12.1. The van der Waals surface area contributed by atoms with Gasteiger partial charge in [0, 0.05) is 23.7 Å². The zero-order valence-electron chi connectivity index (χ0n) is 13.9. The molecule has 1 aromatic heterocycles. The second-order valence-electron chi connectivity index (χ2n) is 5.29. The highest BCUT2D eigenvalue weighted by Gasteiger charge is 2.10. The van der Waals surface area contributed by atoms with Crippen LogP contribution in [0.25, 0.3) is 10.2 Å². The van der Waals surface area contributed by atoms with Crippen LogP contribution in [0.2, 0.25) is 0 Å². The zero-order valence-corrected chi connectivity index (χ0v) is 16.3. The van der Waals surface area contributed by atoms with E-state index >= 15 is 0 Å². The Balaban J connectivity index is 2.05. The fourth-order valence-electron chi connectivity index (χ4n) is 2.42. The second kappa shape index (κ2) is 7.95. The summed E-state index contributed by atoms with van der Waals surface area (Å²) in [6.45, 7) is 1.18. The SMILES string of the molecule is COCCn1c(=NC(=O)c2ccc(OC)cc2)sc2cc(Br)ccc21. The third kappa shape index (κ3) is 4.00. The van der Waals surface area contributed by atoms with Gasteiger partial charge >= 0.3 is 0 Å². The maximum absolute atomic E-state index is 12.5. The summed E-state index contributed by atoms with van der Waals surface area (Å²) in [5, 5.41) is 0. The van der Waals surface area contributed by atoms with E-state index in [0.29, 0.717) is 29.3 Å². The van der Waals surface area contributed by atoms with Crippen molar-refractivity contribution in [1.82, 2.24) is 4.57 Å². The number of thiazole rings is 1. The molecule has 0 saturated carbocycles. The van der Waals surface area contributed by atoms with E-state index in [0.717, 1.165) is 14.7 Å². The molecule has 0 atom stereocenters. The number of carbonyl (C=O) groups excluding carboxylic acids is 1. The van der Waals surface area contributed by atoms with Gasteiger partial charge in [0.05, 0.1) is 23.9 Å². The van der Waals surface area contributed by atoms with Crippen LogP contribution in [0.1, 0.15) is 10.4 Å². The summed E-state index contributed by atoms with van der Waals surface area (Å²) < 4.78 is 14.4. The molecule has 0 aliphatic carbocycles. The Morgan fingerprint density at radius 2 is 1.96 bits per heavy atom. The summed E-state index contributed by atoms with van der Waals surface area (Å²) >= 11 is 4.97. The van der Waals surface area contributed by atoms with Gasteiger partial charge in [0.2, 0.25) is 0 Å². The van der Waals surface area contributed by atoms with Gasteiger partial charge in [-0.1, -0.05) is 27.3 Å². The summed E-state index contributed by atoms with van der Waals surface area (Å²) in [6, 6.07) is 13.0. The van der Waals surface area contributed by atoms with Gasteiger partial charge in [-0.25, -0.2) is 0 Å². The molecule has 0 radical (unpaired) electrons. The van der Waals surface area contributed by atoms with Crippen LogP contribution in [0.3, 0.4) is 0 Å². The summed E-state index contributed by atoms with van der Waals surface area (Å²) in [5.41, 5.74) is 1.56. The van der Waals surface area contributed by atoms with E-state index in [1.807, 2.05) is 22.8 Å². The third-order valence-corrected chi connectivity index (χ3v) is 5.23. The van der Waals surface area contributed by atoms with Gasteiger partial charge in [0.25, 0.3) is 5.91 Å². The highest BCUT2D eigenvalue weighted by molar-refractivity contribution is 9.10. The molecule has 1 amide bonds. The van der Waals surface area contributed by atoms with Crippen molar-refractivity contribution in [1.29, 1.82) is 0 Å². The molecule has 0 bridgehead atoms. The average molecular weight is 421 g/mol. The fraction of sp³-hybridized carbons (Fsp3) is 0.222.